The average molecular weight is 336 g/mol. The van der Waals surface area contributed by atoms with E-state index in [2.05, 4.69) is 9.93 Å². The van der Waals surface area contributed by atoms with Gasteiger partial charge in [0, 0.05) is 6.07 Å². The zero-order valence-electron chi connectivity index (χ0n) is 12.6. The number of hydrazone groups is 1. The molecular weight excluding hydrogens is 320 g/mol. The number of sulfonamides is 1. The minimum absolute atomic E-state index is 0.0612. The molecule has 8 heteroatoms. The summed E-state index contributed by atoms with van der Waals surface area (Å²) < 4.78 is 34.6. The van der Waals surface area contributed by atoms with Gasteiger partial charge in [-0.2, -0.15) is 18.4 Å². The van der Waals surface area contributed by atoms with E-state index in [0.717, 1.165) is 0 Å². The molecule has 0 heterocycles. The molecule has 2 rings (SSSR count). The Labute approximate surface area is 134 Å². The number of benzene rings is 2. The van der Waals surface area contributed by atoms with Gasteiger partial charge in [-0.15, -0.1) is 0 Å². The molecule has 0 saturated heterocycles. The maximum atomic E-state index is 12.3. The zero-order valence-corrected chi connectivity index (χ0v) is 13.4. The monoisotopic (exact) mass is 336 g/mol. The molecule has 0 amide bonds. The lowest BCUT2D eigenvalue weighted by atomic mass is 10.2. The Bertz CT molecular complexity index is 818. The first-order chi connectivity index (χ1) is 11.0. The molecule has 0 aliphatic heterocycles. The third-order valence-corrected chi connectivity index (χ3v) is 4.18. The van der Waals surface area contributed by atoms with Crippen molar-refractivity contribution in [2.24, 2.45) is 5.10 Å². The Balaban J connectivity index is 2.22. The van der Waals surface area contributed by atoms with E-state index in [1.165, 1.54) is 50.8 Å². The predicted octanol–water partition coefficient (Wildman–Crippen LogP) is 1.72. The second-order valence-electron chi connectivity index (χ2n) is 4.46. The van der Waals surface area contributed by atoms with Crippen LogP contribution in [0.3, 0.4) is 0 Å². The highest BCUT2D eigenvalue weighted by molar-refractivity contribution is 7.89. The second kappa shape index (κ2) is 7.01. The SMILES string of the molecule is COc1ccc(S(=O)(=O)N/N=C/c2cccc(O)c2)c(OC)c1. The summed E-state index contributed by atoms with van der Waals surface area (Å²) >= 11 is 0. The highest BCUT2D eigenvalue weighted by Gasteiger charge is 2.19. The summed E-state index contributed by atoms with van der Waals surface area (Å²) in [6.45, 7) is 0. The predicted molar refractivity (Wildman–Crippen MR) is 85.6 cm³/mol. The van der Waals surface area contributed by atoms with E-state index >= 15 is 0 Å². The molecule has 0 atom stereocenters. The van der Waals surface area contributed by atoms with E-state index in [9.17, 15) is 13.5 Å². The first kappa shape index (κ1) is 16.6. The second-order valence-corrected chi connectivity index (χ2v) is 6.09. The van der Waals surface area contributed by atoms with Gasteiger partial charge in [-0.1, -0.05) is 12.1 Å². The molecule has 0 saturated carbocycles. The fourth-order valence-corrected chi connectivity index (χ4v) is 2.77. The molecule has 23 heavy (non-hydrogen) atoms. The highest BCUT2D eigenvalue weighted by Crippen LogP contribution is 2.28. The quantitative estimate of drug-likeness (QED) is 0.618. The van der Waals surface area contributed by atoms with Crippen LogP contribution < -0.4 is 14.3 Å². The third-order valence-electron chi connectivity index (χ3n) is 2.92. The summed E-state index contributed by atoms with van der Waals surface area (Å²) in [5.74, 6) is 0.682. The van der Waals surface area contributed by atoms with Crippen molar-refractivity contribution in [2.45, 2.75) is 4.90 Å². The molecule has 0 radical (unpaired) electrons. The van der Waals surface area contributed by atoms with Crippen molar-refractivity contribution in [1.82, 2.24) is 4.83 Å². The molecule has 0 spiro atoms. The van der Waals surface area contributed by atoms with Gasteiger partial charge in [-0.3, -0.25) is 0 Å². The fraction of sp³-hybridized carbons (Fsp3) is 0.133. The summed E-state index contributed by atoms with van der Waals surface area (Å²) in [4.78, 5) is 2.03. The van der Waals surface area contributed by atoms with Crippen LogP contribution in [0.1, 0.15) is 5.56 Å². The minimum atomic E-state index is -3.90. The molecule has 2 aromatic rings. The van der Waals surface area contributed by atoms with Crippen molar-refractivity contribution in [3.63, 3.8) is 0 Å². The number of nitrogens with one attached hydrogen (secondary N) is 1. The largest absolute Gasteiger partial charge is 0.508 e. The lowest BCUT2D eigenvalue weighted by Crippen LogP contribution is -2.19. The molecule has 2 N–H and O–H groups in total. The van der Waals surface area contributed by atoms with Crippen LogP contribution in [0.5, 0.6) is 17.2 Å². The number of hydrogen-bond donors (Lipinski definition) is 2. The van der Waals surface area contributed by atoms with Crippen LogP contribution in [0.25, 0.3) is 0 Å². The average Bonchev–Trinajstić information content (AvgIpc) is 2.54. The van der Waals surface area contributed by atoms with E-state index in [4.69, 9.17) is 9.47 Å². The zero-order chi connectivity index (χ0) is 16.9. The summed E-state index contributed by atoms with van der Waals surface area (Å²) in [7, 11) is -1.06. The molecule has 122 valence electrons. The maximum Gasteiger partial charge on any atom is 0.280 e. The number of methoxy groups -OCH3 is 2. The van der Waals surface area contributed by atoms with Gasteiger partial charge in [0.05, 0.1) is 20.4 Å². The van der Waals surface area contributed by atoms with Crippen LogP contribution in [0.2, 0.25) is 0 Å². The molecule has 0 aromatic heterocycles. The Morgan fingerprint density at radius 3 is 2.57 bits per heavy atom. The van der Waals surface area contributed by atoms with Gasteiger partial charge in [0.15, 0.2) is 0 Å². The van der Waals surface area contributed by atoms with Crippen molar-refractivity contribution in [3.8, 4) is 17.2 Å². The van der Waals surface area contributed by atoms with Gasteiger partial charge in [-0.25, -0.2) is 0 Å². The number of aromatic hydroxyl groups is 1. The van der Waals surface area contributed by atoms with Crippen molar-refractivity contribution in [1.29, 1.82) is 0 Å². The minimum Gasteiger partial charge on any atom is -0.508 e. The van der Waals surface area contributed by atoms with E-state index in [0.29, 0.717) is 11.3 Å². The van der Waals surface area contributed by atoms with Crippen LogP contribution in [-0.4, -0.2) is 34.0 Å². The topological polar surface area (TPSA) is 97.2 Å². The van der Waals surface area contributed by atoms with Gasteiger partial charge in [-0.05, 0) is 29.8 Å². The van der Waals surface area contributed by atoms with Crippen LogP contribution in [0.4, 0.5) is 0 Å². The number of ether oxygens (including phenoxy) is 2. The Morgan fingerprint density at radius 2 is 1.91 bits per heavy atom. The third kappa shape index (κ3) is 4.13. The Morgan fingerprint density at radius 1 is 1.13 bits per heavy atom. The molecule has 0 bridgehead atoms. The summed E-state index contributed by atoms with van der Waals surface area (Å²) in [5.41, 5.74) is 0.550. The Hall–Kier alpha value is -2.74. The lowest BCUT2D eigenvalue weighted by Gasteiger charge is -2.10. The Kier molecular flexibility index (Phi) is 5.07. The fourth-order valence-electron chi connectivity index (χ4n) is 1.82. The van der Waals surface area contributed by atoms with Crippen molar-refractivity contribution >= 4 is 16.2 Å². The molecule has 0 unspecified atom stereocenters. The maximum absolute atomic E-state index is 12.3. The standard InChI is InChI=1S/C15H16N2O5S/c1-21-13-6-7-15(14(9-13)22-2)23(19,20)17-16-10-11-4-3-5-12(18)8-11/h3-10,17-18H,1-2H3/b16-10+. The summed E-state index contributed by atoms with van der Waals surface area (Å²) in [5, 5.41) is 13.0. The smallest absolute Gasteiger partial charge is 0.280 e. The first-order valence-electron chi connectivity index (χ1n) is 6.52. The van der Waals surface area contributed by atoms with E-state index in [1.807, 2.05) is 0 Å². The van der Waals surface area contributed by atoms with E-state index in [1.54, 1.807) is 12.1 Å². The number of nitrogens with zero attached hydrogens (tertiary/aromatic N) is 1. The molecular formula is C15H16N2O5S. The normalized spacial score (nSPS) is 11.4. The summed E-state index contributed by atoms with van der Waals surface area (Å²) in [6.07, 6.45) is 1.28. The van der Waals surface area contributed by atoms with E-state index in [-0.39, 0.29) is 16.4 Å². The molecule has 0 aliphatic carbocycles. The first-order valence-corrected chi connectivity index (χ1v) is 8.00. The van der Waals surface area contributed by atoms with Gasteiger partial charge in [0.1, 0.15) is 22.1 Å². The highest BCUT2D eigenvalue weighted by atomic mass is 32.2. The van der Waals surface area contributed by atoms with Gasteiger partial charge < -0.3 is 14.6 Å². The van der Waals surface area contributed by atoms with Crippen LogP contribution in [0, 0.1) is 0 Å². The van der Waals surface area contributed by atoms with Crippen molar-refractivity contribution in [3.05, 3.63) is 48.0 Å². The van der Waals surface area contributed by atoms with Gasteiger partial charge in [0.25, 0.3) is 10.0 Å². The van der Waals surface area contributed by atoms with Crippen LogP contribution in [-0.2, 0) is 10.0 Å². The summed E-state index contributed by atoms with van der Waals surface area (Å²) in [6, 6.07) is 10.6. The van der Waals surface area contributed by atoms with Gasteiger partial charge in [0.2, 0.25) is 0 Å². The molecule has 0 fully saturated rings. The van der Waals surface area contributed by atoms with Crippen LogP contribution in [0.15, 0.2) is 52.5 Å². The lowest BCUT2D eigenvalue weighted by molar-refractivity contribution is 0.386. The van der Waals surface area contributed by atoms with E-state index < -0.39 is 10.0 Å². The van der Waals surface area contributed by atoms with Crippen LogP contribution >= 0.6 is 0 Å². The number of rotatable bonds is 6. The molecule has 0 aliphatic rings. The molecule has 7 nitrogen and oxygen atoms in total. The number of phenolic OH excluding ortho intramolecular Hbond substituents is 1. The van der Waals surface area contributed by atoms with Crippen molar-refractivity contribution in [2.75, 3.05) is 14.2 Å². The van der Waals surface area contributed by atoms with Gasteiger partial charge >= 0.3 is 0 Å². The number of hydrogen-bond acceptors (Lipinski definition) is 6. The van der Waals surface area contributed by atoms with Crippen molar-refractivity contribution < 1.29 is 23.0 Å². The number of phenols is 1. The molecule has 2 aromatic carbocycles.